The molecule has 7 aromatic rings. The Kier molecular flexibility index (Phi) is 5.59. The van der Waals surface area contributed by atoms with Gasteiger partial charge in [0.25, 0.3) is 0 Å². The largest absolute Gasteiger partial charge is 0.255 e. The van der Waals surface area contributed by atoms with Crippen molar-refractivity contribution in [2.24, 2.45) is 0 Å². The van der Waals surface area contributed by atoms with E-state index in [0.29, 0.717) is 0 Å². The van der Waals surface area contributed by atoms with Gasteiger partial charge in [-0.3, -0.25) is 9.97 Å². The molecule has 0 aliphatic heterocycles. The maximum atomic E-state index is 4.65. The average molecular weight is 464 g/mol. The minimum atomic E-state index is 0.876. The molecule has 0 fully saturated rings. The van der Waals surface area contributed by atoms with Crippen LogP contribution in [-0.2, 0) is 0 Å². The Balaban J connectivity index is 0.000000134. The average Bonchev–Trinajstić information content (AvgIpc) is 2.94. The summed E-state index contributed by atoms with van der Waals surface area (Å²) in [6.45, 7) is 4.24. The molecule has 172 valence electrons. The molecule has 0 saturated heterocycles. The Bertz CT molecular complexity index is 1720. The second kappa shape index (κ2) is 9.20. The van der Waals surface area contributed by atoms with E-state index in [1.54, 1.807) is 12.4 Å². The van der Waals surface area contributed by atoms with Crippen molar-refractivity contribution in [3.8, 4) is 22.8 Å². The van der Waals surface area contributed by atoms with Crippen LogP contribution in [0.3, 0.4) is 0 Å². The molecule has 0 spiro atoms. The number of hydrogen-bond acceptors (Lipinski definition) is 3. The second-order valence-electron chi connectivity index (χ2n) is 9.08. The first-order valence-corrected chi connectivity index (χ1v) is 12.1. The van der Waals surface area contributed by atoms with Gasteiger partial charge in [-0.1, -0.05) is 66.7 Å². The minimum Gasteiger partial charge on any atom is -0.255 e. The minimum absolute atomic E-state index is 0.876. The highest BCUT2D eigenvalue weighted by molar-refractivity contribution is 6.23. The first-order valence-electron chi connectivity index (χ1n) is 12.1. The lowest BCUT2D eigenvalue weighted by molar-refractivity contribution is 1.20. The molecule has 3 nitrogen and oxygen atoms in total. The standard InChI is InChI=1S/C17H12.C16H13N3/c1-11-5-6-14-8-7-12-3-2-4-13-9-10-15(11)17(14)16(12)13;1-12-10-15(13-6-2-4-8-17-13)19-16(11-12)14-7-3-5-9-18-14/h2-10H,1H3;2-11H,1H3. The van der Waals surface area contributed by atoms with E-state index < -0.39 is 0 Å². The highest BCUT2D eigenvalue weighted by atomic mass is 14.8. The van der Waals surface area contributed by atoms with Gasteiger partial charge in [-0.05, 0) is 93.7 Å². The summed E-state index contributed by atoms with van der Waals surface area (Å²) in [7, 11) is 0. The zero-order valence-corrected chi connectivity index (χ0v) is 20.3. The van der Waals surface area contributed by atoms with Crippen molar-refractivity contribution < 1.29 is 0 Å². The van der Waals surface area contributed by atoms with E-state index >= 15 is 0 Å². The number of nitrogens with zero attached hydrogens (tertiary/aromatic N) is 3. The molecule has 3 heteroatoms. The van der Waals surface area contributed by atoms with E-state index in [1.165, 1.54) is 37.9 Å². The van der Waals surface area contributed by atoms with Gasteiger partial charge in [-0.25, -0.2) is 4.98 Å². The van der Waals surface area contributed by atoms with Crippen molar-refractivity contribution in [3.63, 3.8) is 0 Å². The zero-order valence-electron chi connectivity index (χ0n) is 20.3. The fourth-order valence-electron chi connectivity index (χ4n) is 4.84. The van der Waals surface area contributed by atoms with Gasteiger partial charge in [-0.15, -0.1) is 0 Å². The molecular weight excluding hydrogens is 438 g/mol. The third-order valence-electron chi connectivity index (χ3n) is 6.57. The molecule has 0 unspecified atom stereocenters. The molecule has 4 aromatic carbocycles. The van der Waals surface area contributed by atoms with Crippen LogP contribution in [0.25, 0.3) is 55.1 Å². The number of hydrogen-bond donors (Lipinski definition) is 0. The molecule has 0 aliphatic rings. The molecule has 0 radical (unpaired) electrons. The van der Waals surface area contributed by atoms with Crippen LogP contribution in [0, 0.1) is 13.8 Å². The molecule has 3 aromatic heterocycles. The normalized spacial score (nSPS) is 11.1. The molecule has 0 bridgehead atoms. The molecule has 0 amide bonds. The lowest BCUT2D eigenvalue weighted by Crippen LogP contribution is -1.93. The SMILES string of the molecule is Cc1cc(-c2ccccn2)nc(-c2ccccn2)c1.Cc1ccc2ccc3cccc4ccc1c2c34. The van der Waals surface area contributed by atoms with Crippen molar-refractivity contribution >= 4 is 32.3 Å². The van der Waals surface area contributed by atoms with Gasteiger partial charge in [0.15, 0.2) is 0 Å². The predicted octanol–water partition coefficient (Wildman–Crippen LogP) is 8.41. The first-order chi connectivity index (χ1) is 17.7. The Morgan fingerprint density at radius 3 is 1.61 bits per heavy atom. The lowest BCUT2D eigenvalue weighted by atomic mass is 9.92. The molecule has 7 rings (SSSR count). The molecule has 0 atom stereocenters. The zero-order chi connectivity index (χ0) is 24.5. The molecule has 0 aliphatic carbocycles. The Morgan fingerprint density at radius 1 is 0.472 bits per heavy atom. The van der Waals surface area contributed by atoms with Gasteiger partial charge in [0.05, 0.1) is 22.8 Å². The van der Waals surface area contributed by atoms with Gasteiger partial charge >= 0.3 is 0 Å². The Morgan fingerprint density at radius 2 is 1.03 bits per heavy atom. The summed E-state index contributed by atoms with van der Waals surface area (Å²) in [6.07, 6.45) is 3.56. The van der Waals surface area contributed by atoms with Crippen LogP contribution in [0.5, 0.6) is 0 Å². The fourth-order valence-corrected chi connectivity index (χ4v) is 4.84. The third kappa shape index (κ3) is 4.05. The van der Waals surface area contributed by atoms with Crippen LogP contribution in [0.4, 0.5) is 0 Å². The number of aryl methyl sites for hydroxylation is 2. The van der Waals surface area contributed by atoms with E-state index in [4.69, 9.17) is 0 Å². The third-order valence-corrected chi connectivity index (χ3v) is 6.57. The van der Waals surface area contributed by atoms with Crippen molar-refractivity contribution in [1.82, 2.24) is 15.0 Å². The van der Waals surface area contributed by atoms with Gasteiger partial charge < -0.3 is 0 Å². The lowest BCUT2D eigenvalue weighted by Gasteiger charge is -2.11. The van der Waals surface area contributed by atoms with Crippen molar-refractivity contribution in [1.29, 1.82) is 0 Å². The van der Waals surface area contributed by atoms with Crippen molar-refractivity contribution in [3.05, 3.63) is 127 Å². The summed E-state index contributed by atoms with van der Waals surface area (Å²) in [5.41, 5.74) is 6.02. The summed E-state index contributed by atoms with van der Waals surface area (Å²) in [6, 6.07) is 35.6. The topological polar surface area (TPSA) is 38.7 Å². The van der Waals surface area contributed by atoms with Gasteiger partial charge in [0, 0.05) is 12.4 Å². The summed E-state index contributed by atoms with van der Waals surface area (Å²) in [4.78, 5) is 13.3. The molecule has 3 heterocycles. The van der Waals surface area contributed by atoms with Gasteiger partial charge in [0.2, 0.25) is 0 Å². The van der Waals surface area contributed by atoms with Crippen LogP contribution in [0.15, 0.2) is 116 Å². The van der Waals surface area contributed by atoms with Crippen LogP contribution >= 0.6 is 0 Å². The molecule has 0 saturated carbocycles. The molecule has 0 N–H and O–H groups in total. The monoisotopic (exact) mass is 463 g/mol. The maximum absolute atomic E-state index is 4.65. The number of rotatable bonds is 2. The van der Waals surface area contributed by atoms with Crippen LogP contribution in [0.1, 0.15) is 11.1 Å². The van der Waals surface area contributed by atoms with Crippen molar-refractivity contribution in [2.45, 2.75) is 13.8 Å². The van der Waals surface area contributed by atoms with Gasteiger partial charge in [-0.2, -0.15) is 0 Å². The van der Waals surface area contributed by atoms with E-state index in [2.05, 4.69) is 83.4 Å². The van der Waals surface area contributed by atoms with Crippen molar-refractivity contribution in [2.75, 3.05) is 0 Å². The fraction of sp³-hybridized carbons (Fsp3) is 0.0606. The first kappa shape index (κ1) is 21.9. The Hall–Kier alpha value is -4.63. The second-order valence-corrected chi connectivity index (χ2v) is 9.08. The highest BCUT2D eigenvalue weighted by Gasteiger charge is 2.08. The summed E-state index contributed by atoms with van der Waals surface area (Å²) >= 11 is 0. The molecular formula is C33H25N3. The van der Waals surface area contributed by atoms with E-state index in [9.17, 15) is 0 Å². The van der Waals surface area contributed by atoms with E-state index in [1.807, 2.05) is 48.5 Å². The quantitative estimate of drug-likeness (QED) is 0.242. The highest BCUT2D eigenvalue weighted by Crippen LogP contribution is 2.35. The van der Waals surface area contributed by atoms with E-state index in [0.717, 1.165) is 28.3 Å². The smallest absolute Gasteiger partial charge is 0.0896 e. The summed E-state index contributed by atoms with van der Waals surface area (Å²) < 4.78 is 0. The molecule has 36 heavy (non-hydrogen) atoms. The van der Waals surface area contributed by atoms with Gasteiger partial charge in [0.1, 0.15) is 0 Å². The Labute approximate surface area is 210 Å². The van der Waals surface area contributed by atoms with Crippen LogP contribution in [-0.4, -0.2) is 15.0 Å². The van der Waals surface area contributed by atoms with E-state index in [-0.39, 0.29) is 0 Å². The van der Waals surface area contributed by atoms with Crippen LogP contribution in [0.2, 0.25) is 0 Å². The number of pyridine rings is 3. The number of benzene rings is 4. The summed E-state index contributed by atoms with van der Waals surface area (Å²) in [5.74, 6) is 0. The maximum Gasteiger partial charge on any atom is 0.0896 e. The predicted molar refractivity (Wildman–Crippen MR) is 150 cm³/mol. The number of aromatic nitrogens is 3. The summed E-state index contributed by atoms with van der Waals surface area (Å²) in [5, 5.41) is 8.23. The van der Waals surface area contributed by atoms with Crippen LogP contribution < -0.4 is 0 Å².